The number of amides is 1. The van der Waals surface area contributed by atoms with Crippen LogP contribution in [0.4, 0.5) is 0 Å². The van der Waals surface area contributed by atoms with Gasteiger partial charge in [0.05, 0.1) is 19.1 Å². The van der Waals surface area contributed by atoms with Crippen molar-refractivity contribution >= 4 is 22.6 Å². The molecule has 0 radical (unpaired) electrons. The molecule has 0 bridgehead atoms. The van der Waals surface area contributed by atoms with Gasteiger partial charge in [-0.3, -0.25) is 9.59 Å². The number of hydrogen-bond acceptors (Lipinski definition) is 3. The van der Waals surface area contributed by atoms with Gasteiger partial charge in [0.15, 0.2) is 0 Å². The molecule has 0 saturated carbocycles. The van der Waals surface area contributed by atoms with Crippen molar-refractivity contribution in [1.29, 1.82) is 0 Å². The smallest absolute Gasteiger partial charge is 0.310 e. The van der Waals surface area contributed by atoms with Crippen molar-refractivity contribution in [2.24, 2.45) is 5.92 Å². The summed E-state index contributed by atoms with van der Waals surface area (Å²) in [6.45, 7) is 2.43. The second kappa shape index (κ2) is 5.79. The Hall–Kier alpha value is -2.36. The average molecular weight is 297 g/mol. The molecule has 0 aromatic heterocycles. The summed E-state index contributed by atoms with van der Waals surface area (Å²) in [4.78, 5) is 25.6. The van der Waals surface area contributed by atoms with E-state index in [0.717, 1.165) is 10.9 Å². The van der Waals surface area contributed by atoms with Gasteiger partial charge in [-0.2, -0.15) is 0 Å². The molecule has 0 spiro atoms. The van der Waals surface area contributed by atoms with Crippen molar-refractivity contribution < 1.29 is 14.3 Å². The molecule has 4 nitrogen and oxygen atoms in total. The number of carbonyl (C=O) groups excluding carboxylic acids is 2. The molecule has 114 valence electrons. The maximum absolute atomic E-state index is 12.2. The summed E-state index contributed by atoms with van der Waals surface area (Å²) in [6.07, 6.45) is 0.241. The van der Waals surface area contributed by atoms with Gasteiger partial charge in [0.1, 0.15) is 0 Å². The molecule has 0 N–H and O–H groups in total. The molecular weight excluding hydrogens is 278 g/mol. The van der Waals surface area contributed by atoms with Crippen molar-refractivity contribution in [1.82, 2.24) is 4.90 Å². The van der Waals surface area contributed by atoms with Crippen LogP contribution in [0.25, 0.3) is 10.8 Å². The van der Waals surface area contributed by atoms with E-state index in [1.54, 1.807) is 4.90 Å². The SMILES string of the molecule is COC(=O)C1CC(=O)N(C(C)c2ccc3ccccc3c2)C1. The molecule has 1 aliphatic heterocycles. The van der Waals surface area contributed by atoms with Gasteiger partial charge in [-0.1, -0.05) is 36.4 Å². The van der Waals surface area contributed by atoms with Gasteiger partial charge in [0, 0.05) is 13.0 Å². The number of esters is 1. The molecule has 1 amide bonds. The van der Waals surface area contributed by atoms with Crippen LogP contribution in [0, 0.1) is 5.92 Å². The Bertz CT molecular complexity index is 725. The third-order valence-electron chi connectivity index (χ3n) is 4.42. The number of hydrogen-bond donors (Lipinski definition) is 0. The predicted molar refractivity (Wildman–Crippen MR) is 84.2 cm³/mol. The molecule has 1 aliphatic rings. The molecular formula is C18H19NO3. The summed E-state index contributed by atoms with van der Waals surface area (Å²) < 4.78 is 4.76. The fourth-order valence-corrected chi connectivity index (χ4v) is 3.08. The lowest BCUT2D eigenvalue weighted by atomic mass is 10.0. The molecule has 2 unspecified atom stereocenters. The Morgan fingerprint density at radius 3 is 2.68 bits per heavy atom. The Balaban J connectivity index is 1.84. The fourth-order valence-electron chi connectivity index (χ4n) is 3.08. The number of benzene rings is 2. The largest absolute Gasteiger partial charge is 0.469 e. The maximum Gasteiger partial charge on any atom is 0.310 e. The van der Waals surface area contributed by atoms with Gasteiger partial charge in [-0.15, -0.1) is 0 Å². The fraction of sp³-hybridized carbons (Fsp3) is 0.333. The van der Waals surface area contributed by atoms with E-state index in [9.17, 15) is 9.59 Å². The Kier molecular flexibility index (Phi) is 3.84. The highest BCUT2D eigenvalue weighted by molar-refractivity contribution is 5.87. The molecule has 1 fully saturated rings. The highest BCUT2D eigenvalue weighted by Gasteiger charge is 2.37. The van der Waals surface area contributed by atoms with E-state index in [4.69, 9.17) is 4.74 Å². The molecule has 1 heterocycles. The van der Waals surface area contributed by atoms with E-state index in [1.807, 2.05) is 25.1 Å². The second-order valence-corrected chi connectivity index (χ2v) is 5.75. The van der Waals surface area contributed by atoms with Crippen molar-refractivity contribution in [3.05, 3.63) is 48.0 Å². The Labute approximate surface area is 129 Å². The normalized spacial score (nSPS) is 19.5. The highest BCUT2D eigenvalue weighted by atomic mass is 16.5. The molecule has 0 aliphatic carbocycles. The number of fused-ring (bicyclic) bond motifs is 1. The first-order valence-electron chi connectivity index (χ1n) is 7.46. The standard InChI is InChI=1S/C18H19NO3/c1-12(19-11-16(10-17(19)20)18(21)22-2)14-8-7-13-5-3-4-6-15(13)9-14/h3-9,12,16H,10-11H2,1-2H3. The van der Waals surface area contributed by atoms with Gasteiger partial charge in [0.2, 0.25) is 5.91 Å². The molecule has 1 saturated heterocycles. The molecule has 4 heteroatoms. The molecule has 3 rings (SSSR count). The van der Waals surface area contributed by atoms with Crippen molar-refractivity contribution in [2.45, 2.75) is 19.4 Å². The van der Waals surface area contributed by atoms with E-state index < -0.39 is 0 Å². The zero-order valence-corrected chi connectivity index (χ0v) is 12.8. The molecule has 2 aromatic carbocycles. The number of nitrogens with zero attached hydrogens (tertiary/aromatic N) is 1. The molecule has 2 atom stereocenters. The van der Waals surface area contributed by atoms with Gasteiger partial charge in [-0.05, 0) is 29.3 Å². The first-order chi connectivity index (χ1) is 10.6. The van der Waals surface area contributed by atoms with Gasteiger partial charge in [-0.25, -0.2) is 0 Å². The van der Waals surface area contributed by atoms with Crippen LogP contribution in [0.5, 0.6) is 0 Å². The second-order valence-electron chi connectivity index (χ2n) is 5.75. The minimum Gasteiger partial charge on any atom is -0.469 e. The summed E-state index contributed by atoms with van der Waals surface area (Å²) in [5.41, 5.74) is 1.08. The highest BCUT2D eigenvalue weighted by Crippen LogP contribution is 2.30. The van der Waals surface area contributed by atoms with Crippen molar-refractivity contribution in [3.63, 3.8) is 0 Å². The Morgan fingerprint density at radius 2 is 1.95 bits per heavy atom. The van der Waals surface area contributed by atoms with Crippen LogP contribution < -0.4 is 0 Å². The van der Waals surface area contributed by atoms with E-state index in [1.165, 1.54) is 12.5 Å². The summed E-state index contributed by atoms with van der Waals surface area (Å²) in [6, 6.07) is 14.3. The van der Waals surface area contributed by atoms with Crippen LogP contribution in [0.1, 0.15) is 24.9 Å². The first-order valence-corrected chi connectivity index (χ1v) is 7.46. The van der Waals surface area contributed by atoms with Crippen LogP contribution in [-0.2, 0) is 14.3 Å². The minimum absolute atomic E-state index is 0.0102. The summed E-state index contributed by atoms with van der Waals surface area (Å²) in [5.74, 6) is -0.641. The Morgan fingerprint density at radius 1 is 1.23 bits per heavy atom. The summed E-state index contributed by atoms with van der Waals surface area (Å²) >= 11 is 0. The number of ether oxygens (including phenoxy) is 1. The quantitative estimate of drug-likeness (QED) is 0.818. The van der Waals surface area contributed by atoms with Crippen LogP contribution >= 0.6 is 0 Å². The predicted octanol–water partition coefficient (Wildman–Crippen LogP) is 2.92. The van der Waals surface area contributed by atoms with E-state index in [0.29, 0.717) is 6.54 Å². The monoisotopic (exact) mass is 297 g/mol. The third-order valence-corrected chi connectivity index (χ3v) is 4.42. The van der Waals surface area contributed by atoms with E-state index in [-0.39, 0.29) is 30.3 Å². The first kappa shape index (κ1) is 14.6. The molecule has 2 aromatic rings. The van der Waals surface area contributed by atoms with E-state index in [2.05, 4.69) is 24.3 Å². The number of rotatable bonds is 3. The zero-order valence-electron chi connectivity index (χ0n) is 12.8. The summed E-state index contributed by atoms with van der Waals surface area (Å²) in [5, 5.41) is 2.33. The number of carbonyl (C=O) groups is 2. The van der Waals surface area contributed by atoms with Crippen molar-refractivity contribution in [2.75, 3.05) is 13.7 Å². The van der Waals surface area contributed by atoms with Crippen LogP contribution in [-0.4, -0.2) is 30.4 Å². The van der Waals surface area contributed by atoms with Gasteiger partial charge >= 0.3 is 5.97 Å². The van der Waals surface area contributed by atoms with Crippen LogP contribution in [0.2, 0.25) is 0 Å². The lowest BCUT2D eigenvalue weighted by molar-refractivity contribution is -0.145. The maximum atomic E-state index is 12.2. The van der Waals surface area contributed by atoms with Crippen LogP contribution in [0.15, 0.2) is 42.5 Å². The summed E-state index contributed by atoms with van der Waals surface area (Å²) in [7, 11) is 1.36. The van der Waals surface area contributed by atoms with E-state index >= 15 is 0 Å². The van der Waals surface area contributed by atoms with Crippen LogP contribution in [0.3, 0.4) is 0 Å². The lowest BCUT2D eigenvalue weighted by Crippen LogP contribution is -2.29. The minimum atomic E-state index is -0.347. The van der Waals surface area contributed by atoms with Gasteiger partial charge in [0.25, 0.3) is 0 Å². The third kappa shape index (κ3) is 2.56. The topological polar surface area (TPSA) is 46.6 Å². The van der Waals surface area contributed by atoms with Gasteiger partial charge < -0.3 is 9.64 Å². The molecule has 22 heavy (non-hydrogen) atoms. The number of methoxy groups -OCH3 is 1. The number of likely N-dealkylation sites (tertiary alicyclic amines) is 1. The average Bonchev–Trinajstić information content (AvgIpc) is 2.94. The lowest BCUT2D eigenvalue weighted by Gasteiger charge is -2.25. The van der Waals surface area contributed by atoms with Crippen molar-refractivity contribution in [3.8, 4) is 0 Å². The zero-order chi connectivity index (χ0) is 15.7.